The monoisotopic (exact) mass is 375 g/mol. The largest absolute Gasteiger partial charge is 0.312 e. The summed E-state index contributed by atoms with van der Waals surface area (Å²) < 4.78 is 0. The number of hydrogen-bond acceptors (Lipinski definition) is 5. The molecule has 3 aromatic rings. The average molecular weight is 375 g/mol. The fraction of sp³-hybridized carbons (Fsp3) is 0.100. The Balaban J connectivity index is 1.67. The molecule has 0 aliphatic heterocycles. The van der Waals surface area contributed by atoms with Gasteiger partial charge in [0.05, 0.1) is 10.5 Å². The van der Waals surface area contributed by atoms with Crippen molar-refractivity contribution in [1.29, 1.82) is 5.26 Å². The minimum Gasteiger partial charge on any atom is -0.312 e. The van der Waals surface area contributed by atoms with Crippen LogP contribution < -0.4 is 5.32 Å². The van der Waals surface area contributed by atoms with E-state index in [0.29, 0.717) is 16.1 Å². The zero-order chi connectivity index (χ0) is 19.0. The van der Waals surface area contributed by atoms with E-state index in [1.807, 2.05) is 18.2 Å². The maximum atomic E-state index is 12.5. The lowest BCUT2D eigenvalue weighted by Gasteiger charge is -2.15. The van der Waals surface area contributed by atoms with Crippen LogP contribution in [0.4, 0.5) is 10.7 Å². The highest BCUT2D eigenvalue weighted by molar-refractivity contribution is 7.20. The van der Waals surface area contributed by atoms with Crippen molar-refractivity contribution < 1.29 is 9.72 Å². The molecule has 0 spiro atoms. The molecule has 0 unspecified atom stereocenters. The molecule has 0 bridgehead atoms. The second kappa shape index (κ2) is 6.67. The standard InChI is InChI=1S/C20H13N3O3S/c21-11-17-16-10-7-12-3-1-2-4-15(12)18(16)27-20(17)22-19(24)13-5-8-14(9-6-13)23(25)26/h1-6,8-9H,7,10H2,(H,22,24). The van der Waals surface area contributed by atoms with E-state index in [1.54, 1.807) is 0 Å². The summed E-state index contributed by atoms with van der Waals surface area (Å²) in [6.07, 6.45) is 1.63. The Morgan fingerprint density at radius 3 is 2.59 bits per heavy atom. The number of benzene rings is 2. The van der Waals surface area contributed by atoms with E-state index in [9.17, 15) is 20.2 Å². The molecule has 0 radical (unpaired) electrons. The van der Waals surface area contributed by atoms with Gasteiger partial charge in [-0.2, -0.15) is 5.26 Å². The number of thiophene rings is 1. The van der Waals surface area contributed by atoms with Crippen LogP contribution in [0.3, 0.4) is 0 Å². The van der Waals surface area contributed by atoms with Gasteiger partial charge in [-0.05, 0) is 41.7 Å². The highest BCUT2D eigenvalue weighted by Gasteiger charge is 2.25. The molecule has 1 N–H and O–H groups in total. The van der Waals surface area contributed by atoms with E-state index in [0.717, 1.165) is 28.8 Å². The van der Waals surface area contributed by atoms with Crippen molar-refractivity contribution in [2.24, 2.45) is 0 Å². The van der Waals surface area contributed by atoms with Gasteiger partial charge in [0.2, 0.25) is 0 Å². The van der Waals surface area contributed by atoms with E-state index in [1.165, 1.54) is 41.2 Å². The predicted molar refractivity (Wildman–Crippen MR) is 103 cm³/mol. The van der Waals surface area contributed by atoms with Gasteiger partial charge < -0.3 is 5.32 Å². The Morgan fingerprint density at radius 1 is 1.15 bits per heavy atom. The summed E-state index contributed by atoms with van der Waals surface area (Å²) >= 11 is 1.40. The number of nitrogens with one attached hydrogen (secondary N) is 1. The van der Waals surface area contributed by atoms with E-state index >= 15 is 0 Å². The van der Waals surface area contributed by atoms with Crippen molar-refractivity contribution in [3.05, 3.63) is 80.9 Å². The molecular formula is C20H13N3O3S. The van der Waals surface area contributed by atoms with Gasteiger partial charge in [-0.1, -0.05) is 24.3 Å². The number of amides is 1. The molecule has 27 heavy (non-hydrogen) atoms. The molecule has 0 atom stereocenters. The number of carbonyl (C=O) groups is 1. The molecule has 1 heterocycles. The van der Waals surface area contributed by atoms with Crippen molar-refractivity contribution in [3.8, 4) is 16.5 Å². The van der Waals surface area contributed by atoms with Gasteiger partial charge in [0.1, 0.15) is 11.1 Å². The van der Waals surface area contributed by atoms with Crippen molar-refractivity contribution in [1.82, 2.24) is 0 Å². The summed E-state index contributed by atoms with van der Waals surface area (Å²) in [5, 5.41) is 23.7. The Bertz CT molecular complexity index is 1110. The lowest BCUT2D eigenvalue weighted by atomic mass is 9.90. The first-order valence-electron chi connectivity index (χ1n) is 8.28. The molecule has 2 aromatic carbocycles. The van der Waals surface area contributed by atoms with Crippen LogP contribution in [-0.2, 0) is 12.8 Å². The molecule has 6 nitrogen and oxygen atoms in total. The number of non-ortho nitro benzene ring substituents is 1. The van der Waals surface area contributed by atoms with Crippen LogP contribution in [0.5, 0.6) is 0 Å². The Hall–Kier alpha value is -3.50. The number of nitriles is 1. The fourth-order valence-electron chi connectivity index (χ4n) is 3.26. The second-order valence-electron chi connectivity index (χ2n) is 6.14. The van der Waals surface area contributed by atoms with Crippen molar-refractivity contribution >= 4 is 27.9 Å². The summed E-state index contributed by atoms with van der Waals surface area (Å²) in [6.45, 7) is 0. The summed E-state index contributed by atoms with van der Waals surface area (Å²) in [4.78, 5) is 23.8. The van der Waals surface area contributed by atoms with Crippen molar-refractivity contribution in [2.45, 2.75) is 12.8 Å². The van der Waals surface area contributed by atoms with Crippen molar-refractivity contribution in [2.75, 3.05) is 5.32 Å². The van der Waals surface area contributed by atoms with Gasteiger partial charge in [0.25, 0.3) is 11.6 Å². The minimum atomic E-state index is -0.514. The van der Waals surface area contributed by atoms with Crippen LogP contribution in [-0.4, -0.2) is 10.8 Å². The molecule has 4 rings (SSSR count). The number of anilines is 1. The van der Waals surface area contributed by atoms with E-state index in [4.69, 9.17) is 0 Å². The third kappa shape index (κ3) is 2.96. The third-order valence-electron chi connectivity index (χ3n) is 4.59. The first-order valence-corrected chi connectivity index (χ1v) is 9.10. The van der Waals surface area contributed by atoms with E-state index < -0.39 is 10.8 Å². The summed E-state index contributed by atoms with van der Waals surface area (Å²) in [5.41, 5.74) is 4.05. The molecule has 132 valence electrons. The van der Waals surface area contributed by atoms with Crippen LogP contribution in [0.25, 0.3) is 10.4 Å². The van der Waals surface area contributed by atoms with Gasteiger partial charge in [-0.3, -0.25) is 14.9 Å². The average Bonchev–Trinajstić information content (AvgIpc) is 3.05. The van der Waals surface area contributed by atoms with Crippen LogP contribution >= 0.6 is 11.3 Å². The highest BCUT2D eigenvalue weighted by atomic mass is 32.1. The van der Waals surface area contributed by atoms with Crippen LogP contribution in [0.1, 0.15) is 27.0 Å². The molecule has 1 aliphatic rings. The smallest absolute Gasteiger partial charge is 0.269 e. The first-order chi connectivity index (χ1) is 13.1. The molecular weight excluding hydrogens is 362 g/mol. The molecule has 1 aromatic heterocycles. The number of rotatable bonds is 3. The second-order valence-corrected chi connectivity index (χ2v) is 7.16. The number of aryl methyl sites for hydroxylation is 1. The third-order valence-corrected chi connectivity index (χ3v) is 5.77. The quantitative estimate of drug-likeness (QED) is 0.537. The normalized spacial score (nSPS) is 11.8. The number of nitrogens with zero attached hydrogens (tertiary/aromatic N) is 2. The predicted octanol–water partition coefficient (Wildman–Crippen LogP) is 4.55. The Kier molecular flexibility index (Phi) is 4.18. The first kappa shape index (κ1) is 16.9. The molecule has 0 saturated heterocycles. The zero-order valence-corrected chi connectivity index (χ0v) is 14.9. The highest BCUT2D eigenvalue weighted by Crippen LogP contribution is 2.44. The van der Waals surface area contributed by atoms with Crippen LogP contribution in [0.15, 0.2) is 48.5 Å². The molecule has 1 aliphatic carbocycles. The van der Waals surface area contributed by atoms with E-state index in [-0.39, 0.29) is 5.69 Å². The lowest BCUT2D eigenvalue weighted by molar-refractivity contribution is -0.384. The number of carbonyl (C=O) groups excluding carboxylic acids is 1. The maximum Gasteiger partial charge on any atom is 0.269 e. The van der Waals surface area contributed by atoms with Gasteiger partial charge in [0, 0.05) is 22.6 Å². The Morgan fingerprint density at radius 2 is 1.89 bits per heavy atom. The topological polar surface area (TPSA) is 96.0 Å². The molecule has 7 heteroatoms. The van der Waals surface area contributed by atoms with Gasteiger partial charge in [-0.25, -0.2) is 0 Å². The zero-order valence-electron chi connectivity index (χ0n) is 14.1. The minimum absolute atomic E-state index is 0.0764. The fourth-order valence-corrected chi connectivity index (χ4v) is 4.51. The molecule has 1 amide bonds. The summed E-state index contributed by atoms with van der Waals surface area (Å²) in [6, 6.07) is 15.7. The van der Waals surface area contributed by atoms with Crippen LogP contribution in [0, 0.1) is 21.4 Å². The number of nitro groups is 1. The van der Waals surface area contributed by atoms with Crippen molar-refractivity contribution in [3.63, 3.8) is 0 Å². The van der Waals surface area contributed by atoms with Crippen LogP contribution in [0.2, 0.25) is 0 Å². The van der Waals surface area contributed by atoms with Gasteiger partial charge in [0.15, 0.2) is 0 Å². The number of fused-ring (bicyclic) bond motifs is 3. The molecule has 0 fully saturated rings. The van der Waals surface area contributed by atoms with E-state index in [2.05, 4.69) is 17.5 Å². The summed E-state index contributed by atoms with van der Waals surface area (Å²) in [7, 11) is 0. The lowest BCUT2D eigenvalue weighted by Crippen LogP contribution is -2.12. The number of hydrogen-bond donors (Lipinski definition) is 1. The summed E-state index contributed by atoms with van der Waals surface area (Å²) in [5.74, 6) is -0.395. The van der Waals surface area contributed by atoms with Gasteiger partial charge in [-0.15, -0.1) is 11.3 Å². The molecule has 0 saturated carbocycles. The SMILES string of the molecule is N#Cc1c(NC(=O)c2ccc([N+](=O)[O-])cc2)sc2c1CCc1ccccc1-2. The van der Waals surface area contributed by atoms with Gasteiger partial charge >= 0.3 is 0 Å². The maximum absolute atomic E-state index is 12.5. The Labute approximate surface area is 158 Å². The number of nitro benzene ring substituents is 1.